The number of anilines is 1. The van der Waals surface area contributed by atoms with Crippen LogP contribution in [0.1, 0.15) is 28.9 Å². The highest BCUT2D eigenvalue weighted by Gasteiger charge is 2.64. The van der Waals surface area contributed by atoms with Crippen LogP contribution in [0.25, 0.3) is 0 Å². The van der Waals surface area contributed by atoms with Gasteiger partial charge >= 0.3 is 12.2 Å². The van der Waals surface area contributed by atoms with Gasteiger partial charge in [-0.1, -0.05) is 42.5 Å². The van der Waals surface area contributed by atoms with Crippen LogP contribution in [0.3, 0.4) is 0 Å². The second-order valence-electron chi connectivity index (χ2n) is 8.49. The molecular formula is C24H27N3O7. The molecule has 2 aromatic carbocycles. The highest BCUT2D eigenvalue weighted by molar-refractivity contribution is 5.74. The minimum atomic E-state index is -0.860. The quantitative estimate of drug-likeness (QED) is 0.487. The Morgan fingerprint density at radius 2 is 1.88 bits per heavy atom. The van der Waals surface area contributed by atoms with E-state index in [2.05, 4.69) is 0 Å². The van der Waals surface area contributed by atoms with Crippen molar-refractivity contribution in [2.45, 2.75) is 37.0 Å². The summed E-state index contributed by atoms with van der Waals surface area (Å²) in [6, 6.07) is 15.1. The number of hydrogen-bond acceptors (Lipinski definition) is 8. The summed E-state index contributed by atoms with van der Waals surface area (Å²) in [5.41, 5.74) is 8.73. The van der Waals surface area contributed by atoms with E-state index < -0.39 is 24.6 Å². The third-order valence-electron chi connectivity index (χ3n) is 6.56. The number of benzene rings is 2. The second kappa shape index (κ2) is 9.13. The second-order valence-corrected chi connectivity index (χ2v) is 8.49. The lowest BCUT2D eigenvalue weighted by atomic mass is 9.86. The molecule has 4 atom stereocenters. The first-order chi connectivity index (χ1) is 16.5. The van der Waals surface area contributed by atoms with Gasteiger partial charge < -0.3 is 24.7 Å². The number of fused-ring (bicyclic) bond motifs is 6. The summed E-state index contributed by atoms with van der Waals surface area (Å²) in [5, 5.41) is 1.79. The largest absolute Gasteiger partial charge is 0.449 e. The lowest BCUT2D eigenvalue weighted by molar-refractivity contribution is -0.106. The Hall–Kier alpha value is -3.34. The number of primary amides is 1. The zero-order valence-corrected chi connectivity index (χ0v) is 19.0. The Morgan fingerprint density at radius 3 is 2.59 bits per heavy atom. The summed E-state index contributed by atoms with van der Waals surface area (Å²) in [5.74, 6) is -0.309. The molecule has 2 N–H and O–H groups in total. The lowest BCUT2D eigenvalue weighted by Crippen LogP contribution is -2.49. The van der Waals surface area contributed by atoms with Crippen LogP contribution in [-0.4, -0.2) is 62.6 Å². The van der Waals surface area contributed by atoms with Crippen LogP contribution in [0, 0.1) is 0 Å². The first kappa shape index (κ1) is 22.5. The maximum Gasteiger partial charge on any atom is 0.410 e. The molecule has 2 fully saturated rings. The van der Waals surface area contributed by atoms with Crippen LogP contribution < -0.4 is 10.8 Å². The molecule has 5 rings (SSSR count). The van der Waals surface area contributed by atoms with E-state index in [-0.39, 0.29) is 31.2 Å². The van der Waals surface area contributed by atoms with E-state index in [0.29, 0.717) is 6.54 Å². The Balaban J connectivity index is 1.38. The molecule has 3 aliphatic rings. The molecule has 2 bridgehead atoms. The smallest absolute Gasteiger partial charge is 0.410 e. The van der Waals surface area contributed by atoms with Gasteiger partial charge in [0.15, 0.2) is 6.29 Å². The van der Waals surface area contributed by atoms with E-state index >= 15 is 0 Å². The molecular weight excluding hydrogens is 442 g/mol. The van der Waals surface area contributed by atoms with Gasteiger partial charge in [-0.15, -0.1) is 0 Å². The van der Waals surface area contributed by atoms with Crippen LogP contribution in [0.5, 0.6) is 0 Å². The summed E-state index contributed by atoms with van der Waals surface area (Å²) in [7, 11) is 3.14. The molecule has 2 amide bonds. The summed E-state index contributed by atoms with van der Waals surface area (Å²) >= 11 is 0. The highest BCUT2D eigenvalue weighted by atomic mass is 16.7. The molecule has 4 unspecified atom stereocenters. The molecule has 0 aromatic heterocycles. The molecule has 0 aliphatic carbocycles. The van der Waals surface area contributed by atoms with Gasteiger partial charge in [0.1, 0.15) is 19.3 Å². The Labute approximate surface area is 197 Å². The van der Waals surface area contributed by atoms with Crippen LogP contribution in [0.2, 0.25) is 0 Å². The number of carbonyl (C=O) groups excluding carboxylic acids is 2. The fourth-order valence-corrected chi connectivity index (χ4v) is 4.95. The van der Waals surface area contributed by atoms with E-state index in [0.717, 1.165) is 22.4 Å². The zero-order valence-electron chi connectivity index (χ0n) is 19.0. The summed E-state index contributed by atoms with van der Waals surface area (Å²) in [4.78, 5) is 32.2. The molecule has 3 heterocycles. The molecule has 0 saturated carbocycles. The van der Waals surface area contributed by atoms with Gasteiger partial charge in [-0.2, -0.15) is 0 Å². The van der Waals surface area contributed by atoms with E-state index in [9.17, 15) is 9.59 Å². The fourth-order valence-electron chi connectivity index (χ4n) is 4.95. The zero-order chi connectivity index (χ0) is 23.8. The van der Waals surface area contributed by atoms with Gasteiger partial charge in [0.2, 0.25) is 0 Å². The highest BCUT2D eigenvalue weighted by Crippen LogP contribution is 2.50. The van der Waals surface area contributed by atoms with Gasteiger partial charge in [0.05, 0.1) is 30.2 Å². The molecule has 34 heavy (non-hydrogen) atoms. The van der Waals surface area contributed by atoms with Crippen molar-refractivity contribution in [2.75, 3.05) is 32.4 Å². The summed E-state index contributed by atoms with van der Waals surface area (Å²) in [6.07, 6.45) is -2.19. The SMILES string of the molecule is COC(OC)c1ccc2c(c1)N1CC3C(C(O1)C2COC(N)=O)N3C(=O)OCc1ccccc1. The number of methoxy groups -OCH3 is 2. The van der Waals surface area contributed by atoms with Crippen LogP contribution in [-0.2, 0) is 30.4 Å². The molecule has 0 spiro atoms. The van der Waals surface area contributed by atoms with Crippen molar-refractivity contribution in [3.8, 4) is 0 Å². The van der Waals surface area contributed by atoms with Crippen LogP contribution >= 0.6 is 0 Å². The third kappa shape index (κ3) is 4.04. The van der Waals surface area contributed by atoms with Crippen molar-refractivity contribution < 1.29 is 33.4 Å². The van der Waals surface area contributed by atoms with E-state index in [1.54, 1.807) is 24.2 Å². The molecule has 2 aromatic rings. The van der Waals surface area contributed by atoms with Gasteiger partial charge in [0, 0.05) is 19.8 Å². The predicted molar refractivity (Wildman–Crippen MR) is 120 cm³/mol. The van der Waals surface area contributed by atoms with Crippen molar-refractivity contribution in [3.63, 3.8) is 0 Å². The molecule has 10 nitrogen and oxygen atoms in total. The number of hydroxylamine groups is 1. The minimum Gasteiger partial charge on any atom is -0.449 e. The average Bonchev–Trinajstić information content (AvgIpc) is 3.58. The van der Waals surface area contributed by atoms with Gasteiger partial charge in [-0.25, -0.2) is 9.59 Å². The molecule has 3 aliphatic heterocycles. The van der Waals surface area contributed by atoms with Crippen LogP contribution in [0.4, 0.5) is 15.3 Å². The van der Waals surface area contributed by atoms with Crippen molar-refractivity contribution in [3.05, 3.63) is 65.2 Å². The predicted octanol–water partition coefficient (Wildman–Crippen LogP) is 2.68. The summed E-state index contributed by atoms with van der Waals surface area (Å²) < 4.78 is 21.5. The summed E-state index contributed by atoms with van der Waals surface area (Å²) in [6.45, 7) is 0.721. The lowest BCUT2D eigenvalue weighted by Gasteiger charge is -2.42. The van der Waals surface area contributed by atoms with Crippen LogP contribution in [0.15, 0.2) is 48.5 Å². The Bertz CT molecular complexity index is 1060. The topological polar surface area (TPSA) is 113 Å². The maximum absolute atomic E-state index is 12.9. The van der Waals surface area contributed by atoms with Gasteiger partial charge in [0.25, 0.3) is 0 Å². The fraction of sp³-hybridized carbons (Fsp3) is 0.417. The van der Waals surface area contributed by atoms with Gasteiger partial charge in [-0.3, -0.25) is 14.8 Å². The van der Waals surface area contributed by atoms with Crippen molar-refractivity contribution in [1.82, 2.24) is 4.90 Å². The molecule has 180 valence electrons. The number of rotatable bonds is 7. The maximum atomic E-state index is 12.9. The Kier molecular flexibility index (Phi) is 6.03. The average molecular weight is 469 g/mol. The third-order valence-corrected chi connectivity index (χ3v) is 6.56. The van der Waals surface area contributed by atoms with Crippen molar-refractivity contribution in [2.24, 2.45) is 5.73 Å². The van der Waals surface area contributed by atoms with Gasteiger partial charge in [-0.05, 0) is 17.2 Å². The minimum absolute atomic E-state index is 0.0360. The number of amides is 2. The Morgan fingerprint density at radius 1 is 1.12 bits per heavy atom. The normalized spacial score (nSPS) is 24.3. The van der Waals surface area contributed by atoms with E-state index in [1.807, 2.05) is 48.5 Å². The molecule has 0 radical (unpaired) electrons. The van der Waals surface area contributed by atoms with E-state index in [4.69, 9.17) is 29.5 Å². The van der Waals surface area contributed by atoms with Crippen molar-refractivity contribution >= 4 is 17.9 Å². The first-order valence-corrected chi connectivity index (χ1v) is 11.1. The number of hydrogen-bond donors (Lipinski definition) is 1. The van der Waals surface area contributed by atoms with E-state index in [1.165, 1.54) is 0 Å². The molecule has 10 heteroatoms. The standard InChI is InChI=1S/C24H27N3O7/c1-30-22(31-2)15-8-9-16-17(13-32-23(25)28)21-20-19(11-26(34-21)18(16)10-15)27(20)24(29)33-12-14-6-4-3-5-7-14/h3-10,17,19-22H,11-13H2,1-2H3,(H2,25,28). The van der Waals surface area contributed by atoms with Crippen molar-refractivity contribution in [1.29, 1.82) is 0 Å². The molecule has 2 saturated heterocycles. The monoisotopic (exact) mass is 469 g/mol. The number of nitrogens with zero attached hydrogens (tertiary/aromatic N) is 2. The first-order valence-electron chi connectivity index (χ1n) is 11.1. The number of nitrogens with two attached hydrogens (primary N) is 1. The number of carbonyl (C=O) groups is 2. The number of ether oxygens (including phenoxy) is 4.